The maximum Gasteiger partial charge on any atom is 0.286 e. The molecule has 0 spiro atoms. The van der Waals surface area contributed by atoms with E-state index in [1.54, 1.807) is 4.90 Å². The highest BCUT2D eigenvalue weighted by atomic mass is 16.6. The number of amides is 2. The average Bonchev–Trinajstić information content (AvgIpc) is 3.26. The lowest BCUT2D eigenvalue weighted by Gasteiger charge is -2.34. The van der Waals surface area contributed by atoms with E-state index in [0.717, 1.165) is 31.5 Å². The Morgan fingerprint density at radius 2 is 1.56 bits per heavy atom. The molecule has 1 aromatic carbocycles. The minimum atomic E-state index is -0.616. The van der Waals surface area contributed by atoms with Gasteiger partial charge in [0.1, 0.15) is 5.56 Å². The Bertz CT molecular complexity index is 1030. The molecule has 32 heavy (non-hydrogen) atoms. The number of methoxy groups -OCH3 is 2. The monoisotopic (exact) mass is 443 g/mol. The fourth-order valence-corrected chi connectivity index (χ4v) is 4.16. The Balaban J connectivity index is 1.47. The van der Waals surface area contributed by atoms with Gasteiger partial charge in [-0.3, -0.25) is 24.4 Å². The van der Waals surface area contributed by atoms with Crippen molar-refractivity contribution >= 4 is 17.5 Å². The van der Waals surface area contributed by atoms with Gasteiger partial charge >= 0.3 is 0 Å². The quantitative estimate of drug-likeness (QED) is 0.510. The van der Waals surface area contributed by atoms with E-state index in [-0.39, 0.29) is 41.7 Å². The van der Waals surface area contributed by atoms with Gasteiger partial charge in [-0.1, -0.05) is 0 Å². The molecule has 2 amide bonds. The van der Waals surface area contributed by atoms with Crippen LogP contribution in [0, 0.1) is 10.1 Å². The van der Waals surface area contributed by atoms with Crippen LogP contribution in [0.5, 0.6) is 11.5 Å². The highest BCUT2D eigenvalue weighted by Crippen LogP contribution is 2.35. The lowest BCUT2D eigenvalue weighted by Crippen LogP contribution is -2.50. The van der Waals surface area contributed by atoms with Crippen molar-refractivity contribution in [3.63, 3.8) is 0 Å². The van der Waals surface area contributed by atoms with Gasteiger partial charge in [0.25, 0.3) is 17.5 Å². The van der Waals surface area contributed by atoms with Crippen molar-refractivity contribution in [2.75, 3.05) is 40.4 Å². The molecule has 170 valence electrons. The van der Waals surface area contributed by atoms with Crippen LogP contribution in [0.4, 0.5) is 5.69 Å². The lowest BCUT2D eigenvalue weighted by molar-refractivity contribution is -0.385. The largest absolute Gasteiger partial charge is 0.493 e. The van der Waals surface area contributed by atoms with E-state index < -0.39 is 10.8 Å². The molecule has 2 aromatic rings. The zero-order chi connectivity index (χ0) is 22.8. The van der Waals surface area contributed by atoms with E-state index in [1.165, 1.54) is 31.3 Å². The van der Waals surface area contributed by atoms with Crippen LogP contribution in [0.2, 0.25) is 0 Å². The van der Waals surface area contributed by atoms with Crippen LogP contribution in [-0.2, 0) is 13.0 Å². The Morgan fingerprint density at radius 1 is 0.938 bits per heavy atom. The van der Waals surface area contributed by atoms with Crippen molar-refractivity contribution in [3.05, 3.63) is 45.3 Å². The number of fused-ring (bicyclic) bond motifs is 1. The van der Waals surface area contributed by atoms with E-state index in [9.17, 15) is 19.7 Å². The molecule has 11 nitrogen and oxygen atoms in total. The number of hydrogen-bond acceptors (Lipinski definition) is 7. The zero-order valence-corrected chi connectivity index (χ0v) is 18.1. The highest BCUT2D eigenvalue weighted by Gasteiger charge is 2.32. The first-order valence-corrected chi connectivity index (χ1v) is 10.5. The van der Waals surface area contributed by atoms with Crippen LogP contribution in [0.25, 0.3) is 0 Å². The fourth-order valence-electron chi connectivity index (χ4n) is 4.16. The summed E-state index contributed by atoms with van der Waals surface area (Å²) in [5.74, 6) is -0.230. The van der Waals surface area contributed by atoms with Crippen LogP contribution in [0.15, 0.2) is 18.2 Å². The number of nitro benzene ring substituents is 1. The number of benzene rings is 1. The van der Waals surface area contributed by atoms with Gasteiger partial charge in [-0.25, -0.2) is 0 Å². The molecular formula is C21H25N5O6. The molecule has 1 saturated heterocycles. The molecule has 3 heterocycles. The number of nitrogens with zero attached hydrogens (tertiary/aromatic N) is 5. The number of aryl methyl sites for hydroxylation is 2. The van der Waals surface area contributed by atoms with E-state index in [1.807, 2.05) is 10.7 Å². The summed E-state index contributed by atoms with van der Waals surface area (Å²) in [5.41, 5.74) is 1.08. The smallest absolute Gasteiger partial charge is 0.286 e. The van der Waals surface area contributed by atoms with Crippen molar-refractivity contribution in [1.29, 1.82) is 0 Å². The molecule has 11 heteroatoms. The van der Waals surface area contributed by atoms with Gasteiger partial charge in [0.2, 0.25) is 0 Å². The second kappa shape index (κ2) is 8.85. The van der Waals surface area contributed by atoms with Crippen LogP contribution >= 0.6 is 0 Å². The Morgan fingerprint density at radius 3 is 2.16 bits per heavy atom. The van der Waals surface area contributed by atoms with Crippen molar-refractivity contribution in [1.82, 2.24) is 19.6 Å². The molecule has 0 bridgehead atoms. The van der Waals surface area contributed by atoms with Gasteiger partial charge in [-0.05, 0) is 25.3 Å². The standard InChI is InChI=1S/C21H25N5O6/c1-31-18-12-15(17(26(29)30)13-19(18)32-2)20(27)23-7-9-24(10-8-23)21(28)16-11-14-5-3-4-6-25(14)22-16/h11-13H,3-10H2,1-2H3. The van der Waals surface area contributed by atoms with Gasteiger partial charge in [-0.15, -0.1) is 0 Å². The molecule has 0 aliphatic carbocycles. The normalized spacial score (nSPS) is 15.8. The van der Waals surface area contributed by atoms with Gasteiger partial charge in [0, 0.05) is 44.5 Å². The van der Waals surface area contributed by atoms with Crippen molar-refractivity contribution in [2.24, 2.45) is 0 Å². The van der Waals surface area contributed by atoms with Crippen LogP contribution < -0.4 is 9.47 Å². The molecule has 1 fully saturated rings. The van der Waals surface area contributed by atoms with E-state index >= 15 is 0 Å². The SMILES string of the molecule is COc1cc(C(=O)N2CCN(C(=O)c3cc4n(n3)CCCC4)CC2)c([N+](=O)[O-])cc1OC. The van der Waals surface area contributed by atoms with E-state index in [4.69, 9.17) is 9.47 Å². The van der Waals surface area contributed by atoms with Gasteiger partial charge in [0.15, 0.2) is 17.2 Å². The zero-order valence-electron chi connectivity index (χ0n) is 18.1. The summed E-state index contributed by atoms with van der Waals surface area (Å²) in [6.45, 7) is 2.02. The first-order chi connectivity index (χ1) is 15.4. The minimum absolute atomic E-state index is 0.0748. The van der Waals surface area contributed by atoms with Crippen molar-refractivity contribution in [3.8, 4) is 11.5 Å². The molecule has 1 aromatic heterocycles. The number of nitro groups is 1. The topological polar surface area (TPSA) is 120 Å². The first-order valence-electron chi connectivity index (χ1n) is 10.5. The fraction of sp³-hybridized carbons (Fsp3) is 0.476. The maximum absolute atomic E-state index is 13.1. The number of piperazine rings is 1. The molecule has 0 radical (unpaired) electrons. The van der Waals surface area contributed by atoms with Crippen LogP contribution in [-0.4, -0.2) is 76.7 Å². The summed E-state index contributed by atoms with van der Waals surface area (Å²) in [4.78, 5) is 40.1. The average molecular weight is 443 g/mol. The summed E-state index contributed by atoms with van der Waals surface area (Å²) in [6.07, 6.45) is 3.08. The highest BCUT2D eigenvalue weighted by molar-refractivity contribution is 5.99. The summed E-state index contributed by atoms with van der Waals surface area (Å²) in [6, 6.07) is 4.37. The molecule has 4 rings (SSSR count). The molecule has 0 atom stereocenters. The molecule has 0 N–H and O–H groups in total. The van der Waals surface area contributed by atoms with Gasteiger partial charge < -0.3 is 19.3 Å². The number of carbonyl (C=O) groups excluding carboxylic acids is 2. The van der Waals surface area contributed by atoms with E-state index in [0.29, 0.717) is 18.8 Å². The number of rotatable bonds is 5. The third-order valence-electron chi connectivity index (χ3n) is 5.92. The number of aromatic nitrogens is 2. The maximum atomic E-state index is 13.1. The third kappa shape index (κ3) is 3.97. The van der Waals surface area contributed by atoms with Crippen LogP contribution in [0.1, 0.15) is 39.4 Å². The third-order valence-corrected chi connectivity index (χ3v) is 5.92. The summed E-state index contributed by atoms with van der Waals surface area (Å²) in [5, 5.41) is 16.0. The molecule has 2 aliphatic rings. The molecule has 0 unspecified atom stereocenters. The Kier molecular flexibility index (Phi) is 5.97. The summed E-state index contributed by atoms with van der Waals surface area (Å²) >= 11 is 0. The van der Waals surface area contributed by atoms with Gasteiger partial charge in [0.05, 0.1) is 25.2 Å². The molecule has 0 saturated carbocycles. The predicted molar refractivity (Wildman–Crippen MR) is 113 cm³/mol. The number of carbonyl (C=O) groups is 2. The number of ether oxygens (including phenoxy) is 2. The number of hydrogen-bond donors (Lipinski definition) is 0. The first kappa shape index (κ1) is 21.6. The molecular weight excluding hydrogens is 418 g/mol. The van der Waals surface area contributed by atoms with Gasteiger partial charge in [-0.2, -0.15) is 5.10 Å². The van der Waals surface area contributed by atoms with E-state index in [2.05, 4.69) is 5.10 Å². The summed E-state index contributed by atoms with van der Waals surface area (Å²) < 4.78 is 12.2. The van der Waals surface area contributed by atoms with Crippen molar-refractivity contribution in [2.45, 2.75) is 25.8 Å². The Hall–Kier alpha value is -3.63. The van der Waals surface area contributed by atoms with Crippen molar-refractivity contribution < 1.29 is 24.0 Å². The Labute approximate surface area is 184 Å². The predicted octanol–water partition coefficient (Wildman–Crippen LogP) is 1.74. The van der Waals surface area contributed by atoms with Crippen LogP contribution in [0.3, 0.4) is 0 Å². The minimum Gasteiger partial charge on any atom is -0.493 e. The molecule has 2 aliphatic heterocycles. The lowest BCUT2D eigenvalue weighted by atomic mass is 10.1. The summed E-state index contributed by atoms with van der Waals surface area (Å²) in [7, 11) is 2.77. The second-order valence-corrected chi connectivity index (χ2v) is 7.77. The second-order valence-electron chi connectivity index (χ2n) is 7.77.